The maximum atomic E-state index is 5.71. The van der Waals surface area contributed by atoms with Crippen molar-refractivity contribution >= 4 is 0 Å². The number of fused-ring (bicyclic) bond motifs is 1. The van der Waals surface area contributed by atoms with Crippen LogP contribution in [0.2, 0.25) is 0 Å². The van der Waals surface area contributed by atoms with Crippen LogP contribution in [0.15, 0.2) is 0 Å². The lowest BCUT2D eigenvalue weighted by molar-refractivity contribution is 0.0439. The molecule has 0 aromatic heterocycles. The fourth-order valence-electron chi connectivity index (χ4n) is 4.52. The van der Waals surface area contributed by atoms with Crippen LogP contribution in [-0.2, 0) is 4.74 Å². The number of nitrogens with one attached hydrogen (secondary N) is 1. The van der Waals surface area contributed by atoms with E-state index >= 15 is 0 Å². The minimum absolute atomic E-state index is 0.592. The highest BCUT2D eigenvalue weighted by molar-refractivity contribution is 4.91. The topological polar surface area (TPSA) is 24.5 Å². The van der Waals surface area contributed by atoms with E-state index in [9.17, 15) is 0 Å². The van der Waals surface area contributed by atoms with Crippen molar-refractivity contribution < 1.29 is 4.74 Å². The Morgan fingerprint density at radius 2 is 1.95 bits per heavy atom. The number of nitrogens with zero attached hydrogens (tertiary/aromatic N) is 1. The molecule has 2 saturated heterocycles. The predicted molar refractivity (Wildman–Crippen MR) is 78.3 cm³/mol. The molecule has 3 aliphatic rings. The summed E-state index contributed by atoms with van der Waals surface area (Å²) in [6.45, 7) is 7.74. The van der Waals surface area contributed by atoms with Crippen LogP contribution >= 0.6 is 0 Å². The average Bonchev–Trinajstić information content (AvgIpc) is 2.87. The van der Waals surface area contributed by atoms with Gasteiger partial charge in [-0.05, 0) is 44.7 Å². The third kappa shape index (κ3) is 3.14. The highest BCUT2D eigenvalue weighted by atomic mass is 16.5. The minimum atomic E-state index is 0.592. The van der Waals surface area contributed by atoms with Crippen molar-refractivity contribution in [3.63, 3.8) is 0 Å². The first-order valence-corrected chi connectivity index (χ1v) is 8.43. The SMILES string of the molecule is CCNC1COCC1CN1CCC[C@H]2CCCC[C@H]21. The quantitative estimate of drug-likeness (QED) is 0.845. The molecule has 2 aliphatic heterocycles. The predicted octanol–water partition coefficient (Wildman–Crippen LogP) is 2.27. The van der Waals surface area contributed by atoms with Crippen LogP contribution in [0.4, 0.5) is 0 Å². The molecule has 0 spiro atoms. The van der Waals surface area contributed by atoms with Crippen molar-refractivity contribution in [1.29, 1.82) is 0 Å². The van der Waals surface area contributed by atoms with Gasteiger partial charge in [0.2, 0.25) is 0 Å². The fourth-order valence-corrected chi connectivity index (χ4v) is 4.52. The van der Waals surface area contributed by atoms with Crippen LogP contribution in [0, 0.1) is 11.8 Å². The standard InChI is InChI=1S/C16H30N2O/c1-2-17-15-12-19-11-14(15)10-18-9-5-7-13-6-3-4-8-16(13)18/h13-17H,2-12H2,1H3/t13-,14?,15?,16-/m1/s1. The summed E-state index contributed by atoms with van der Waals surface area (Å²) in [6, 6.07) is 1.49. The first kappa shape index (κ1) is 13.8. The van der Waals surface area contributed by atoms with Crippen LogP contribution in [0.25, 0.3) is 0 Å². The van der Waals surface area contributed by atoms with E-state index in [-0.39, 0.29) is 0 Å². The average molecular weight is 266 g/mol. The normalized spacial score (nSPS) is 40.3. The zero-order chi connectivity index (χ0) is 13.1. The van der Waals surface area contributed by atoms with Crippen LogP contribution in [-0.4, -0.2) is 49.8 Å². The van der Waals surface area contributed by atoms with Crippen molar-refractivity contribution in [2.24, 2.45) is 11.8 Å². The second kappa shape index (κ2) is 6.55. The van der Waals surface area contributed by atoms with Crippen molar-refractivity contribution in [3.8, 4) is 0 Å². The van der Waals surface area contributed by atoms with E-state index in [2.05, 4.69) is 17.1 Å². The van der Waals surface area contributed by atoms with Gasteiger partial charge in [-0.2, -0.15) is 0 Å². The van der Waals surface area contributed by atoms with Gasteiger partial charge in [0.1, 0.15) is 0 Å². The minimum Gasteiger partial charge on any atom is -0.379 e. The molecule has 110 valence electrons. The molecule has 1 aliphatic carbocycles. The summed E-state index contributed by atoms with van der Waals surface area (Å²) in [4.78, 5) is 2.82. The number of ether oxygens (including phenoxy) is 1. The van der Waals surface area contributed by atoms with Gasteiger partial charge in [-0.15, -0.1) is 0 Å². The van der Waals surface area contributed by atoms with Crippen molar-refractivity contribution in [2.45, 2.75) is 57.5 Å². The number of likely N-dealkylation sites (N-methyl/N-ethyl adjacent to an activating group) is 1. The molecule has 1 N–H and O–H groups in total. The van der Waals surface area contributed by atoms with Gasteiger partial charge in [0.25, 0.3) is 0 Å². The Balaban J connectivity index is 1.58. The second-order valence-electron chi connectivity index (χ2n) is 6.71. The molecule has 19 heavy (non-hydrogen) atoms. The summed E-state index contributed by atoms with van der Waals surface area (Å²) in [7, 11) is 0. The molecule has 0 radical (unpaired) electrons. The van der Waals surface area contributed by atoms with Gasteiger partial charge in [0.15, 0.2) is 0 Å². The van der Waals surface area contributed by atoms with Gasteiger partial charge in [-0.3, -0.25) is 4.90 Å². The summed E-state index contributed by atoms with van der Waals surface area (Å²) in [5.41, 5.74) is 0. The van der Waals surface area contributed by atoms with Crippen molar-refractivity contribution in [2.75, 3.05) is 32.8 Å². The van der Waals surface area contributed by atoms with Gasteiger partial charge in [-0.1, -0.05) is 19.8 Å². The fraction of sp³-hybridized carbons (Fsp3) is 1.00. The van der Waals surface area contributed by atoms with Gasteiger partial charge < -0.3 is 10.1 Å². The van der Waals surface area contributed by atoms with Crippen molar-refractivity contribution in [1.82, 2.24) is 10.2 Å². The molecule has 0 aromatic rings. The van der Waals surface area contributed by atoms with Crippen LogP contribution in [0.1, 0.15) is 45.4 Å². The number of hydrogen-bond donors (Lipinski definition) is 1. The molecule has 0 bridgehead atoms. The molecule has 0 aromatic carbocycles. The van der Waals surface area contributed by atoms with E-state index in [0.29, 0.717) is 12.0 Å². The Morgan fingerprint density at radius 3 is 2.84 bits per heavy atom. The first-order chi connectivity index (χ1) is 9.38. The summed E-state index contributed by atoms with van der Waals surface area (Å²) < 4.78 is 5.71. The van der Waals surface area contributed by atoms with Crippen LogP contribution < -0.4 is 5.32 Å². The van der Waals surface area contributed by atoms with E-state index in [4.69, 9.17) is 4.74 Å². The Morgan fingerprint density at radius 1 is 1.11 bits per heavy atom. The Labute approximate surface area is 118 Å². The number of piperidine rings is 1. The van der Waals surface area contributed by atoms with Gasteiger partial charge in [0.05, 0.1) is 13.2 Å². The van der Waals surface area contributed by atoms with Gasteiger partial charge in [-0.25, -0.2) is 0 Å². The summed E-state index contributed by atoms with van der Waals surface area (Å²) in [6.07, 6.45) is 8.76. The Bertz CT molecular complexity index is 282. The monoisotopic (exact) mass is 266 g/mol. The summed E-state index contributed by atoms with van der Waals surface area (Å²) in [5, 5.41) is 3.60. The van der Waals surface area contributed by atoms with Crippen molar-refractivity contribution in [3.05, 3.63) is 0 Å². The van der Waals surface area contributed by atoms with E-state index in [1.165, 1.54) is 51.6 Å². The van der Waals surface area contributed by atoms with E-state index in [1.54, 1.807) is 0 Å². The maximum absolute atomic E-state index is 5.71. The second-order valence-corrected chi connectivity index (χ2v) is 6.71. The molecular weight excluding hydrogens is 236 g/mol. The lowest BCUT2D eigenvalue weighted by Gasteiger charge is -2.45. The third-order valence-corrected chi connectivity index (χ3v) is 5.49. The zero-order valence-electron chi connectivity index (χ0n) is 12.4. The van der Waals surface area contributed by atoms with Gasteiger partial charge in [0, 0.05) is 24.5 Å². The highest BCUT2D eigenvalue weighted by Crippen LogP contribution is 2.36. The summed E-state index contributed by atoms with van der Waals surface area (Å²) in [5.74, 6) is 1.71. The Hall–Kier alpha value is -0.120. The number of likely N-dealkylation sites (tertiary alicyclic amines) is 1. The molecule has 3 fully saturated rings. The maximum Gasteiger partial charge on any atom is 0.0623 e. The largest absolute Gasteiger partial charge is 0.379 e. The van der Waals surface area contributed by atoms with Crippen LogP contribution in [0.5, 0.6) is 0 Å². The molecule has 1 saturated carbocycles. The Kier molecular flexibility index (Phi) is 4.78. The first-order valence-electron chi connectivity index (χ1n) is 8.43. The third-order valence-electron chi connectivity index (χ3n) is 5.49. The smallest absolute Gasteiger partial charge is 0.0623 e. The molecular formula is C16H30N2O. The lowest BCUT2D eigenvalue weighted by Crippen LogP contribution is -2.51. The molecule has 0 amide bonds. The number of rotatable bonds is 4. The lowest BCUT2D eigenvalue weighted by atomic mass is 9.78. The van der Waals surface area contributed by atoms with Gasteiger partial charge >= 0.3 is 0 Å². The summed E-state index contributed by atoms with van der Waals surface area (Å²) >= 11 is 0. The molecule has 3 nitrogen and oxygen atoms in total. The van der Waals surface area contributed by atoms with E-state index in [1.807, 2.05) is 0 Å². The highest BCUT2D eigenvalue weighted by Gasteiger charge is 2.36. The molecule has 2 heterocycles. The molecule has 4 atom stereocenters. The zero-order valence-corrected chi connectivity index (χ0v) is 12.4. The van der Waals surface area contributed by atoms with E-state index in [0.717, 1.165) is 31.7 Å². The van der Waals surface area contributed by atoms with E-state index < -0.39 is 0 Å². The van der Waals surface area contributed by atoms with Crippen LogP contribution in [0.3, 0.4) is 0 Å². The molecule has 3 heteroatoms. The molecule has 2 unspecified atom stereocenters. The molecule has 3 rings (SSSR count). The number of hydrogen-bond acceptors (Lipinski definition) is 3.